The van der Waals surface area contributed by atoms with Crippen LogP contribution < -0.4 is 0 Å². The number of hydrogen-bond donors (Lipinski definition) is 1. The Morgan fingerprint density at radius 1 is 1.00 bits per heavy atom. The van der Waals surface area contributed by atoms with E-state index >= 15 is 0 Å². The van der Waals surface area contributed by atoms with Crippen molar-refractivity contribution < 1.29 is 31.0 Å². The number of carbonyl (C=O) groups excluding carboxylic acids is 1. The fraction of sp³-hybridized carbons (Fsp3) is 0.0952. The molecule has 0 aliphatic carbocycles. The average Bonchev–Trinajstić information content (AvgIpc) is 3.04. The molecule has 140 valence electrons. The number of benzene rings is 3. The molecule has 0 aliphatic rings. The maximum absolute atomic E-state index is 10.0. The zero-order chi connectivity index (χ0) is 18.5. The molecule has 4 aromatic rings. The second-order valence-corrected chi connectivity index (χ2v) is 5.79. The Kier molecular flexibility index (Phi) is 7.03. The van der Waals surface area contributed by atoms with E-state index in [0.717, 1.165) is 27.5 Å². The molecule has 1 aromatic heterocycles. The third-order valence-electron chi connectivity index (χ3n) is 3.60. The van der Waals surface area contributed by atoms with Gasteiger partial charge < -0.3 is 5.11 Å². The topological polar surface area (TPSA) is 68.0 Å². The zero-order valence-corrected chi connectivity index (χ0v) is 17.1. The molecule has 0 radical (unpaired) electrons. The van der Waals surface area contributed by atoms with Gasteiger partial charge in [-0.05, 0) is 31.7 Å². The van der Waals surface area contributed by atoms with Crippen molar-refractivity contribution in [2.24, 2.45) is 0 Å². The van der Waals surface area contributed by atoms with E-state index in [1.165, 1.54) is 19.9 Å². The zero-order valence-electron chi connectivity index (χ0n) is 14.9. The molecule has 27 heavy (non-hydrogen) atoms. The van der Waals surface area contributed by atoms with Crippen LogP contribution in [-0.4, -0.2) is 25.9 Å². The minimum absolute atomic E-state index is 0. The first-order valence-corrected chi connectivity index (χ1v) is 8.14. The molecule has 0 unspecified atom stereocenters. The fourth-order valence-electron chi connectivity index (χ4n) is 2.57. The Hall–Kier alpha value is -2.78. The Morgan fingerprint density at radius 3 is 2.15 bits per heavy atom. The molecule has 0 atom stereocenters. The van der Waals surface area contributed by atoms with Crippen molar-refractivity contribution in [1.82, 2.24) is 15.0 Å². The van der Waals surface area contributed by atoms with Crippen LogP contribution in [-0.2, 0) is 25.9 Å². The van der Waals surface area contributed by atoms with Gasteiger partial charge >= 0.3 is 0 Å². The number of hydrogen-bond acceptors (Lipinski definition) is 4. The SMILES string of the molecule is CC(=O)/C=C(/C)O.[Pt].[c-]1ccc2ccccc2c1-n1nc2ccccc2n1. The molecule has 0 bridgehead atoms. The summed E-state index contributed by atoms with van der Waals surface area (Å²) in [6.07, 6.45) is 1.17. The van der Waals surface area contributed by atoms with Crippen molar-refractivity contribution >= 4 is 27.6 Å². The van der Waals surface area contributed by atoms with Crippen LogP contribution in [0.25, 0.3) is 27.5 Å². The van der Waals surface area contributed by atoms with Gasteiger partial charge in [0.25, 0.3) is 0 Å². The van der Waals surface area contributed by atoms with Crippen molar-refractivity contribution in [1.29, 1.82) is 0 Å². The summed E-state index contributed by atoms with van der Waals surface area (Å²) in [6.45, 7) is 2.85. The van der Waals surface area contributed by atoms with Gasteiger partial charge in [0.15, 0.2) is 5.78 Å². The van der Waals surface area contributed by atoms with Crippen LogP contribution in [0, 0.1) is 6.07 Å². The predicted molar refractivity (Wildman–Crippen MR) is 102 cm³/mol. The summed E-state index contributed by atoms with van der Waals surface area (Å²) in [4.78, 5) is 11.7. The number of aromatic nitrogens is 3. The summed E-state index contributed by atoms with van der Waals surface area (Å²) in [7, 11) is 0. The molecule has 0 spiro atoms. The second kappa shape index (κ2) is 9.24. The van der Waals surface area contributed by atoms with Crippen LogP contribution in [0.1, 0.15) is 13.8 Å². The third-order valence-corrected chi connectivity index (χ3v) is 3.60. The van der Waals surface area contributed by atoms with Crippen molar-refractivity contribution in [2.75, 3.05) is 0 Å². The molecular weight excluding hydrogens is 521 g/mol. The Labute approximate surface area is 171 Å². The summed E-state index contributed by atoms with van der Waals surface area (Å²) < 4.78 is 0. The van der Waals surface area contributed by atoms with E-state index in [0.29, 0.717) is 0 Å². The van der Waals surface area contributed by atoms with E-state index in [4.69, 9.17) is 5.11 Å². The number of allylic oxidation sites excluding steroid dienone is 2. The molecule has 0 amide bonds. The van der Waals surface area contributed by atoms with E-state index in [9.17, 15) is 4.79 Å². The van der Waals surface area contributed by atoms with E-state index in [1.54, 1.807) is 4.80 Å². The molecular formula is C21H18N3O2Pt-. The van der Waals surface area contributed by atoms with Gasteiger partial charge in [0.05, 0.1) is 5.76 Å². The summed E-state index contributed by atoms with van der Waals surface area (Å²) in [6, 6.07) is 23.2. The Morgan fingerprint density at radius 2 is 1.59 bits per heavy atom. The van der Waals surface area contributed by atoms with Gasteiger partial charge in [0, 0.05) is 27.1 Å². The standard InChI is InChI=1S/C16H10N3.C5H8O2.Pt/c1-2-8-13-12(6-1)7-5-11-16(13)19-17-14-9-3-4-10-15(14)18-19;1-4(6)3-5(2)7;/h1-10H;3,6H,1-2H3;/q-1;;/b;4-3-;. The van der Waals surface area contributed by atoms with Gasteiger partial charge in [-0.3, -0.25) is 4.79 Å². The second-order valence-electron chi connectivity index (χ2n) is 5.79. The summed E-state index contributed by atoms with van der Waals surface area (Å²) in [5.41, 5.74) is 2.67. The van der Waals surface area contributed by atoms with Crippen molar-refractivity contribution in [2.45, 2.75) is 13.8 Å². The number of carbonyl (C=O) groups is 1. The predicted octanol–water partition coefficient (Wildman–Crippen LogP) is 4.41. The number of aliphatic hydroxyl groups excluding tert-OH is 1. The number of nitrogens with zero attached hydrogens (tertiary/aromatic N) is 3. The van der Waals surface area contributed by atoms with Crippen LogP contribution in [0.2, 0.25) is 0 Å². The van der Waals surface area contributed by atoms with Gasteiger partial charge in [0.2, 0.25) is 0 Å². The van der Waals surface area contributed by atoms with E-state index in [2.05, 4.69) is 28.4 Å². The number of fused-ring (bicyclic) bond motifs is 2. The molecule has 0 aliphatic heterocycles. The van der Waals surface area contributed by atoms with Gasteiger partial charge in [-0.15, -0.1) is 16.8 Å². The number of rotatable bonds is 2. The van der Waals surface area contributed by atoms with Crippen molar-refractivity contribution in [3.05, 3.63) is 78.6 Å². The normalized spacial score (nSPS) is 10.8. The molecule has 1 heterocycles. The first-order valence-electron chi connectivity index (χ1n) is 8.14. The quantitative estimate of drug-likeness (QED) is 0.233. The van der Waals surface area contributed by atoms with Crippen molar-refractivity contribution in [3.63, 3.8) is 0 Å². The van der Waals surface area contributed by atoms with Crippen molar-refractivity contribution in [3.8, 4) is 5.69 Å². The van der Waals surface area contributed by atoms with E-state index < -0.39 is 0 Å². The smallest absolute Gasteiger partial charge is 0.155 e. The molecule has 0 saturated heterocycles. The average molecular weight is 539 g/mol. The summed E-state index contributed by atoms with van der Waals surface area (Å²) in [5.74, 6) is -0.0625. The first kappa shape index (κ1) is 20.5. The van der Waals surface area contributed by atoms with Crippen LogP contribution in [0.4, 0.5) is 0 Å². The molecule has 3 aromatic carbocycles. The number of aliphatic hydroxyl groups is 1. The first-order chi connectivity index (χ1) is 12.5. The van der Waals surface area contributed by atoms with Gasteiger partial charge in [-0.25, -0.2) is 0 Å². The largest absolute Gasteiger partial charge is 0.512 e. The van der Waals surface area contributed by atoms with Gasteiger partial charge in [-0.2, -0.15) is 33.2 Å². The minimum atomic E-state index is -0.125. The van der Waals surface area contributed by atoms with Crippen LogP contribution in [0.3, 0.4) is 0 Å². The Bertz CT molecular complexity index is 1060. The summed E-state index contributed by atoms with van der Waals surface area (Å²) >= 11 is 0. The van der Waals surface area contributed by atoms with E-state index in [1.807, 2.05) is 48.5 Å². The minimum Gasteiger partial charge on any atom is -0.512 e. The molecule has 1 N–H and O–H groups in total. The maximum Gasteiger partial charge on any atom is 0.155 e. The molecule has 5 nitrogen and oxygen atoms in total. The van der Waals surface area contributed by atoms with E-state index in [-0.39, 0.29) is 32.6 Å². The molecule has 6 heteroatoms. The molecule has 0 fully saturated rings. The molecule has 4 rings (SSSR count). The molecule has 0 saturated carbocycles. The summed E-state index contributed by atoms with van der Waals surface area (Å²) in [5, 5.41) is 19.6. The van der Waals surface area contributed by atoms with Crippen LogP contribution in [0.15, 0.2) is 72.5 Å². The Balaban J connectivity index is 0.000000285. The third kappa shape index (κ3) is 5.11. The van der Waals surface area contributed by atoms with Gasteiger partial charge in [0.1, 0.15) is 11.0 Å². The van der Waals surface area contributed by atoms with Crippen LogP contribution >= 0.6 is 0 Å². The van der Waals surface area contributed by atoms with Gasteiger partial charge in [-0.1, -0.05) is 30.3 Å². The monoisotopic (exact) mass is 539 g/mol. The fourth-order valence-corrected chi connectivity index (χ4v) is 2.57. The maximum atomic E-state index is 10.0. The van der Waals surface area contributed by atoms with Crippen LogP contribution in [0.5, 0.6) is 0 Å². The number of ketones is 1.